The second kappa shape index (κ2) is 22.2. The van der Waals surface area contributed by atoms with E-state index in [0.29, 0.717) is 74.8 Å². The molecule has 16 nitrogen and oxygen atoms in total. The SMILES string of the molecule is COC(=O)N[C@H](C(=O)N1CCC[C@H]1Cc1nc2cc([C@H]3CC[C@H](c4ccc5[nH]c([C@@H]6CCCN6C(=O)[C@@H](NC(=O)OC)C(C)C)nc5c4)N3c3cc(F)c(N4CCC(c5ccccc5)CC4)c(F)c3)ccc2[nH]1)C(C)C. The van der Waals surface area contributed by atoms with Gasteiger partial charge in [0.15, 0.2) is 11.6 Å². The van der Waals surface area contributed by atoms with Crippen LogP contribution < -0.4 is 20.4 Å². The molecule has 10 rings (SSSR count). The van der Waals surface area contributed by atoms with Crippen molar-refractivity contribution in [2.45, 2.75) is 128 Å². The molecule has 6 atom stereocenters. The molecule has 0 radical (unpaired) electrons. The summed E-state index contributed by atoms with van der Waals surface area (Å²) in [5.74, 6) is -0.136. The molecular formula is C58H70F2N10O6. The third-order valence-electron chi connectivity index (χ3n) is 16.3. The van der Waals surface area contributed by atoms with E-state index in [0.717, 1.165) is 65.6 Å². The number of piperidine rings is 1. The number of alkyl carbamates (subject to hydrolysis) is 2. The first-order valence-electron chi connectivity index (χ1n) is 27.0. The first-order chi connectivity index (χ1) is 36.7. The number of amides is 4. The predicted molar refractivity (Wildman–Crippen MR) is 287 cm³/mol. The Morgan fingerprint density at radius 2 is 1.18 bits per heavy atom. The van der Waals surface area contributed by atoms with Gasteiger partial charge in [0.05, 0.1) is 54.4 Å². The number of nitrogens with zero attached hydrogens (tertiary/aromatic N) is 6. The molecule has 0 unspecified atom stereocenters. The van der Waals surface area contributed by atoms with Gasteiger partial charge in [0, 0.05) is 44.3 Å². The number of benzene rings is 4. The van der Waals surface area contributed by atoms with Crippen molar-refractivity contribution in [1.82, 2.24) is 40.4 Å². The first kappa shape index (κ1) is 52.2. The van der Waals surface area contributed by atoms with Gasteiger partial charge in [-0.15, -0.1) is 0 Å². The summed E-state index contributed by atoms with van der Waals surface area (Å²) in [6.07, 6.45) is 5.25. The van der Waals surface area contributed by atoms with E-state index in [4.69, 9.17) is 19.4 Å². The fourth-order valence-corrected chi connectivity index (χ4v) is 12.4. The van der Waals surface area contributed by atoms with Crippen LogP contribution >= 0.6 is 0 Å². The van der Waals surface area contributed by atoms with Gasteiger partial charge in [-0.1, -0.05) is 70.2 Å². The lowest BCUT2D eigenvalue weighted by molar-refractivity contribution is -0.136. The predicted octanol–water partition coefficient (Wildman–Crippen LogP) is 10.1. The van der Waals surface area contributed by atoms with E-state index in [1.807, 2.05) is 80.0 Å². The van der Waals surface area contributed by atoms with Crippen LogP contribution in [0.5, 0.6) is 0 Å². The quantitative estimate of drug-likeness (QED) is 0.0820. The molecule has 402 valence electrons. The molecule has 18 heteroatoms. The number of rotatable bonds is 14. The summed E-state index contributed by atoms with van der Waals surface area (Å²) in [7, 11) is 2.56. The topological polar surface area (TPSA) is 181 Å². The van der Waals surface area contributed by atoms with Gasteiger partial charge in [-0.2, -0.15) is 0 Å². The minimum Gasteiger partial charge on any atom is -0.453 e. The number of ether oxygens (including phenoxy) is 2. The maximum absolute atomic E-state index is 16.8. The third kappa shape index (κ3) is 10.5. The van der Waals surface area contributed by atoms with Gasteiger partial charge in [-0.05, 0) is 122 Å². The maximum atomic E-state index is 16.8. The summed E-state index contributed by atoms with van der Waals surface area (Å²) in [6.45, 7) is 9.75. The van der Waals surface area contributed by atoms with E-state index >= 15 is 8.78 Å². The second-order valence-corrected chi connectivity index (χ2v) is 21.7. The number of nitrogens with one attached hydrogen (secondary N) is 4. The van der Waals surface area contributed by atoms with Crippen LogP contribution in [-0.4, -0.2) is 112 Å². The molecule has 4 N–H and O–H groups in total. The van der Waals surface area contributed by atoms with Crippen molar-refractivity contribution in [2.24, 2.45) is 11.8 Å². The maximum Gasteiger partial charge on any atom is 0.407 e. The fourth-order valence-electron chi connectivity index (χ4n) is 12.4. The number of aromatic nitrogens is 4. The molecule has 0 aliphatic carbocycles. The van der Waals surface area contributed by atoms with Gasteiger partial charge in [-0.3, -0.25) is 9.59 Å². The molecule has 4 aromatic carbocycles. The standard InChI is InChI=1S/C58H70F2N10O6/c1-33(2)51(65-57(73)75-5)55(71)68-24-10-14-39(68)32-50-61-43-18-16-37(28-45(43)62-50)47-20-21-48(70(47)40-30-41(59)53(42(60)31-40)67-26-22-36(23-27-67)35-12-8-7-9-13-35)38-17-19-44-46(29-38)64-54(63-44)49-15-11-25-69(49)56(72)52(34(3)4)66-58(74)76-6/h7-9,12-13,16-19,28-31,33-34,36,39,47-49,51-52H,10-11,14-15,20-27,32H2,1-6H3,(H,61,62)(H,63,64)(H,65,73)(H,66,74)/t39-,47+,48+,49-,51-,52-/m0/s1. The highest BCUT2D eigenvalue weighted by Gasteiger charge is 2.41. The van der Waals surface area contributed by atoms with E-state index < -0.39 is 35.9 Å². The lowest BCUT2D eigenvalue weighted by Crippen LogP contribution is -2.52. The van der Waals surface area contributed by atoms with Crippen molar-refractivity contribution in [3.05, 3.63) is 119 Å². The first-order valence-corrected chi connectivity index (χ1v) is 27.0. The van der Waals surface area contributed by atoms with E-state index in [1.165, 1.54) is 31.9 Å². The lowest BCUT2D eigenvalue weighted by Gasteiger charge is -2.36. The molecular weight excluding hydrogens is 971 g/mol. The van der Waals surface area contributed by atoms with Gasteiger partial charge in [0.25, 0.3) is 0 Å². The number of hydrogen-bond acceptors (Lipinski definition) is 10. The minimum atomic E-state index is -0.765. The van der Waals surface area contributed by atoms with Gasteiger partial charge in [-0.25, -0.2) is 28.3 Å². The molecule has 4 amide bonds. The second-order valence-electron chi connectivity index (χ2n) is 21.7. The summed E-state index contributed by atoms with van der Waals surface area (Å²) >= 11 is 0. The Morgan fingerprint density at radius 1 is 0.632 bits per heavy atom. The number of methoxy groups -OCH3 is 2. The molecule has 76 heavy (non-hydrogen) atoms. The highest BCUT2D eigenvalue weighted by molar-refractivity contribution is 5.87. The summed E-state index contributed by atoms with van der Waals surface area (Å²) in [5.41, 5.74) is 6.65. The van der Waals surface area contributed by atoms with Crippen LogP contribution in [0.15, 0.2) is 78.9 Å². The zero-order valence-electron chi connectivity index (χ0n) is 44.3. The molecule has 0 saturated carbocycles. The number of halogens is 2. The van der Waals surface area contributed by atoms with Crippen LogP contribution in [0.3, 0.4) is 0 Å². The average Bonchev–Trinajstić information content (AvgIpc) is 4.30. The Labute approximate surface area is 442 Å². The van der Waals surface area contributed by atoms with Crippen LogP contribution in [0.4, 0.5) is 29.7 Å². The highest BCUT2D eigenvalue weighted by atomic mass is 19.1. The zero-order chi connectivity index (χ0) is 53.4. The summed E-state index contributed by atoms with van der Waals surface area (Å²) in [6, 6.07) is 23.0. The van der Waals surface area contributed by atoms with Gasteiger partial charge < -0.3 is 49.7 Å². The van der Waals surface area contributed by atoms with Crippen LogP contribution in [0.2, 0.25) is 0 Å². The molecule has 0 spiro atoms. The highest BCUT2D eigenvalue weighted by Crippen LogP contribution is 2.49. The smallest absolute Gasteiger partial charge is 0.407 e. The number of imidazole rings is 2. The van der Waals surface area contributed by atoms with Gasteiger partial charge >= 0.3 is 12.2 Å². The molecule has 4 aliphatic rings. The summed E-state index contributed by atoms with van der Waals surface area (Å²) in [4.78, 5) is 77.0. The van der Waals surface area contributed by atoms with E-state index in [2.05, 4.69) is 49.8 Å². The number of likely N-dealkylation sites (tertiary alicyclic amines) is 2. The van der Waals surface area contributed by atoms with E-state index in [1.54, 1.807) is 4.90 Å². The summed E-state index contributed by atoms with van der Waals surface area (Å²) in [5, 5.41) is 5.44. The number of H-pyrrole nitrogens is 2. The molecule has 4 aliphatic heterocycles. The normalized spacial score (nSPS) is 21.0. The van der Waals surface area contributed by atoms with Crippen molar-refractivity contribution in [1.29, 1.82) is 0 Å². The van der Waals surface area contributed by atoms with Crippen molar-refractivity contribution >= 4 is 57.4 Å². The van der Waals surface area contributed by atoms with Crippen LogP contribution in [0.1, 0.15) is 131 Å². The Kier molecular flexibility index (Phi) is 15.2. The average molecular weight is 1040 g/mol. The molecule has 0 bridgehead atoms. The minimum absolute atomic E-state index is 0.000662. The molecule has 4 saturated heterocycles. The van der Waals surface area contributed by atoms with Crippen molar-refractivity contribution in [3.8, 4) is 0 Å². The molecule has 2 aromatic heterocycles. The number of carbonyl (C=O) groups is 4. The van der Waals surface area contributed by atoms with Gasteiger partial charge in [0.1, 0.15) is 29.4 Å². The molecule has 6 heterocycles. The van der Waals surface area contributed by atoms with Crippen molar-refractivity contribution in [2.75, 3.05) is 50.2 Å². The molecule has 4 fully saturated rings. The number of aromatic amines is 2. The Morgan fingerprint density at radius 3 is 1.78 bits per heavy atom. The van der Waals surface area contributed by atoms with E-state index in [-0.39, 0.29) is 53.5 Å². The van der Waals surface area contributed by atoms with Crippen LogP contribution in [-0.2, 0) is 25.5 Å². The molecule has 6 aromatic rings. The number of fused-ring (bicyclic) bond motifs is 2. The Hall–Kier alpha value is -7.24. The third-order valence-corrected chi connectivity index (χ3v) is 16.3. The van der Waals surface area contributed by atoms with Crippen LogP contribution in [0, 0.1) is 23.5 Å². The van der Waals surface area contributed by atoms with Gasteiger partial charge in [0.2, 0.25) is 11.8 Å². The zero-order valence-corrected chi connectivity index (χ0v) is 44.3. The summed E-state index contributed by atoms with van der Waals surface area (Å²) < 4.78 is 43.3. The Balaban J connectivity index is 0.945. The number of hydrogen-bond donors (Lipinski definition) is 4. The number of carbonyl (C=O) groups excluding carboxylic acids is 4. The van der Waals surface area contributed by atoms with Crippen molar-refractivity contribution < 1.29 is 37.4 Å². The lowest BCUT2D eigenvalue weighted by atomic mass is 9.89. The fraction of sp³-hybridized carbons (Fsp3) is 0.483. The monoisotopic (exact) mass is 1040 g/mol. The largest absolute Gasteiger partial charge is 0.453 e. The number of anilines is 2. The van der Waals surface area contributed by atoms with E-state index in [9.17, 15) is 19.2 Å². The Bertz CT molecular complexity index is 3060. The van der Waals surface area contributed by atoms with Crippen LogP contribution in [0.25, 0.3) is 22.1 Å². The van der Waals surface area contributed by atoms with Crippen molar-refractivity contribution in [3.63, 3.8) is 0 Å².